The fourth-order valence-electron chi connectivity index (χ4n) is 4.16. The minimum absolute atomic E-state index is 0.0984. The molecule has 128 valence electrons. The lowest BCUT2D eigenvalue weighted by atomic mass is 9.61. The molecule has 3 aliphatic rings. The van der Waals surface area contributed by atoms with E-state index in [-0.39, 0.29) is 11.3 Å². The summed E-state index contributed by atoms with van der Waals surface area (Å²) < 4.78 is 26.9. The molecule has 7 heteroatoms. The Hall–Kier alpha value is -0.920. The molecule has 0 atom stereocenters. The van der Waals surface area contributed by atoms with Crippen molar-refractivity contribution in [3.8, 4) is 0 Å². The summed E-state index contributed by atoms with van der Waals surface area (Å²) in [4.78, 5) is 10.0. The van der Waals surface area contributed by atoms with E-state index in [2.05, 4.69) is 19.6 Å². The molecule has 0 amide bonds. The van der Waals surface area contributed by atoms with Crippen LogP contribution in [0.4, 0.5) is 0 Å². The number of hydrogen-bond donors (Lipinski definition) is 2. The van der Waals surface area contributed by atoms with Crippen molar-refractivity contribution in [2.24, 2.45) is 5.41 Å². The highest BCUT2D eigenvalue weighted by molar-refractivity contribution is 7.90. The van der Waals surface area contributed by atoms with Crippen molar-refractivity contribution in [2.45, 2.75) is 63.3 Å². The van der Waals surface area contributed by atoms with Gasteiger partial charge in [-0.15, -0.1) is 0 Å². The van der Waals surface area contributed by atoms with E-state index in [1.807, 2.05) is 13.1 Å². The maximum absolute atomic E-state index is 12.0. The van der Waals surface area contributed by atoms with Crippen LogP contribution in [0.5, 0.6) is 0 Å². The number of hydrogen-bond acceptors (Lipinski definition) is 4. The van der Waals surface area contributed by atoms with Gasteiger partial charge in [-0.25, -0.2) is 18.1 Å². The molecule has 2 heterocycles. The van der Waals surface area contributed by atoms with Crippen molar-refractivity contribution in [3.63, 3.8) is 0 Å². The third-order valence-electron chi connectivity index (χ3n) is 5.72. The Morgan fingerprint density at radius 1 is 1.35 bits per heavy atom. The van der Waals surface area contributed by atoms with Crippen molar-refractivity contribution in [2.75, 3.05) is 13.1 Å². The first kappa shape index (κ1) is 15.6. The third kappa shape index (κ3) is 3.32. The average molecular weight is 338 g/mol. The minimum atomic E-state index is -3.02. The van der Waals surface area contributed by atoms with E-state index in [1.54, 1.807) is 0 Å². The first-order valence-electron chi connectivity index (χ1n) is 8.68. The Kier molecular flexibility index (Phi) is 3.77. The smallest absolute Gasteiger partial charge is 0.214 e. The molecule has 4 rings (SSSR count). The van der Waals surface area contributed by atoms with E-state index >= 15 is 0 Å². The molecule has 0 radical (unpaired) electrons. The summed E-state index contributed by atoms with van der Waals surface area (Å²) in [6.45, 7) is 5.11. The number of imidazole rings is 1. The minimum Gasteiger partial charge on any atom is -0.345 e. The van der Waals surface area contributed by atoms with Gasteiger partial charge in [-0.2, -0.15) is 0 Å². The SMILES string of the molecule is Cc1ncc(CN2CCC3(CC2)CC(NS(=O)(=O)C2CC2)C3)[nH]1. The molecule has 1 aromatic heterocycles. The van der Waals surface area contributed by atoms with E-state index < -0.39 is 10.0 Å². The van der Waals surface area contributed by atoms with Crippen molar-refractivity contribution in [1.29, 1.82) is 0 Å². The number of aryl methyl sites for hydroxylation is 1. The van der Waals surface area contributed by atoms with Gasteiger partial charge in [0.25, 0.3) is 0 Å². The van der Waals surface area contributed by atoms with Crippen LogP contribution in [0, 0.1) is 12.3 Å². The number of likely N-dealkylation sites (tertiary alicyclic amines) is 1. The van der Waals surface area contributed by atoms with Crippen LogP contribution in [0.2, 0.25) is 0 Å². The lowest BCUT2D eigenvalue weighted by Gasteiger charge is -2.52. The predicted octanol–water partition coefficient (Wildman–Crippen LogP) is 1.54. The van der Waals surface area contributed by atoms with Gasteiger partial charge in [0.1, 0.15) is 5.82 Å². The zero-order chi connectivity index (χ0) is 16.1. The number of sulfonamides is 1. The number of nitrogens with zero attached hydrogens (tertiary/aromatic N) is 2. The summed E-state index contributed by atoms with van der Waals surface area (Å²) >= 11 is 0. The fourth-order valence-corrected chi connectivity index (χ4v) is 5.74. The average Bonchev–Trinajstić information content (AvgIpc) is 3.25. The second kappa shape index (κ2) is 5.57. The van der Waals surface area contributed by atoms with Crippen molar-refractivity contribution in [3.05, 3.63) is 17.7 Å². The Labute approximate surface area is 138 Å². The summed E-state index contributed by atoms with van der Waals surface area (Å²) in [6, 6.07) is 0.183. The zero-order valence-corrected chi connectivity index (χ0v) is 14.5. The van der Waals surface area contributed by atoms with Gasteiger partial charge in [0, 0.05) is 24.5 Å². The topological polar surface area (TPSA) is 78.1 Å². The van der Waals surface area contributed by atoms with Crippen LogP contribution >= 0.6 is 0 Å². The molecule has 23 heavy (non-hydrogen) atoms. The lowest BCUT2D eigenvalue weighted by molar-refractivity contribution is 0.0103. The van der Waals surface area contributed by atoms with Crippen LogP contribution in [0.25, 0.3) is 0 Å². The lowest BCUT2D eigenvalue weighted by Crippen LogP contribution is -2.55. The number of aromatic amines is 1. The van der Waals surface area contributed by atoms with Gasteiger partial charge in [0.15, 0.2) is 0 Å². The van der Waals surface area contributed by atoms with Gasteiger partial charge in [0.05, 0.1) is 5.25 Å². The summed E-state index contributed by atoms with van der Waals surface area (Å²) in [7, 11) is -3.02. The molecule has 2 aliphatic carbocycles. The Morgan fingerprint density at radius 3 is 2.61 bits per heavy atom. The van der Waals surface area contributed by atoms with E-state index in [9.17, 15) is 8.42 Å². The van der Waals surface area contributed by atoms with Crippen LogP contribution in [-0.4, -0.2) is 47.7 Å². The largest absolute Gasteiger partial charge is 0.345 e. The van der Waals surface area contributed by atoms with Crippen LogP contribution < -0.4 is 4.72 Å². The highest BCUT2D eigenvalue weighted by Gasteiger charge is 2.48. The molecule has 0 unspecified atom stereocenters. The fraction of sp³-hybridized carbons (Fsp3) is 0.812. The van der Waals surface area contributed by atoms with E-state index in [1.165, 1.54) is 18.5 Å². The van der Waals surface area contributed by atoms with Gasteiger partial charge >= 0.3 is 0 Å². The first-order valence-corrected chi connectivity index (χ1v) is 10.2. The number of H-pyrrole nitrogens is 1. The van der Waals surface area contributed by atoms with E-state index in [4.69, 9.17) is 0 Å². The van der Waals surface area contributed by atoms with Gasteiger partial charge in [-0.3, -0.25) is 4.90 Å². The van der Waals surface area contributed by atoms with Gasteiger partial charge in [-0.05, 0) is 64.0 Å². The Bertz CT molecular complexity index is 664. The Balaban J connectivity index is 1.24. The second-order valence-electron chi connectivity index (χ2n) is 7.74. The van der Waals surface area contributed by atoms with Crippen LogP contribution in [0.3, 0.4) is 0 Å². The molecule has 1 spiro atoms. The van der Waals surface area contributed by atoms with Crippen LogP contribution in [-0.2, 0) is 16.6 Å². The van der Waals surface area contributed by atoms with Gasteiger partial charge in [-0.1, -0.05) is 0 Å². The molecule has 0 bridgehead atoms. The van der Waals surface area contributed by atoms with E-state index in [0.717, 1.165) is 51.1 Å². The maximum atomic E-state index is 12.0. The molecular formula is C16H26N4O2S. The number of rotatable bonds is 5. The molecule has 1 saturated heterocycles. The third-order valence-corrected chi connectivity index (χ3v) is 7.73. The summed E-state index contributed by atoms with van der Waals surface area (Å²) in [6.07, 6.45) is 8.02. The summed E-state index contributed by atoms with van der Waals surface area (Å²) in [5, 5.41) is -0.0984. The summed E-state index contributed by atoms with van der Waals surface area (Å²) in [5.74, 6) is 0.971. The monoisotopic (exact) mass is 338 g/mol. The maximum Gasteiger partial charge on any atom is 0.214 e. The van der Waals surface area contributed by atoms with E-state index in [0.29, 0.717) is 5.41 Å². The van der Waals surface area contributed by atoms with Crippen LogP contribution in [0.1, 0.15) is 50.0 Å². The first-order chi connectivity index (χ1) is 10.9. The Morgan fingerprint density at radius 2 is 2.04 bits per heavy atom. The quantitative estimate of drug-likeness (QED) is 0.854. The van der Waals surface area contributed by atoms with Crippen molar-refractivity contribution in [1.82, 2.24) is 19.6 Å². The molecular weight excluding hydrogens is 312 g/mol. The molecule has 1 aliphatic heterocycles. The molecule has 0 aromatic carbocycles. The van der Waals surface area contributed by atoms with Gasteiger partial charge < -0.3 is 4.98 Å². The normalized spacial score (nSPS) is 25.6. The number of nitrogens with one attached hydrogen (secondary N) is 2. The predicted molar refractivity (Wildman–Crippen MR) is 88.4 cm³/mol. The van der Waals surface area contributed by atoms with Crippen LogP contribution in [0.15, 0.2) is 6.20 Å². The number of piperidine rings is 1. The van der Waals surface area contributed by atoms with Crippen molar-refractivity contribution >= 4 is 10.0 Å². The molecule has 1 aromatic rings. The van der Waals surface area contributed by atoms with Gasteiger partial charge in [0.2, 0.25) is 10.0 Å². The molecule has 2 N–H and O–H groups in total. The van der Waals surface area contributed by atoms with Crippen molar-refractivity contribution < 1.29 is 8.42 Å². The standard InChI is InChI=1S/C16H26N4O2S/c1-12-17-10-14(18-12)11-20-6-4-16(5-7-20)8-13(9-16)19-23(21,22)15-2-3-15/h10,13,15,19H,2-9,11H2,1H3,(H,17,18). The number of aromatic nitrogens is 2. The zero-order valence-electron chi connectivity index (χ0n) is 13.7. The highest BCUT2D eigenvalue weighted by Crippen LogP contribution is 2.49. The molecule has 6 nitrogen and oxygen atoms in total. The molecule has 3 fully saturated rings. The second-order valence-corrected chi connectivity index (χ2v) is 9.73. The molecule has 2 saturated carbocycles. The highest BCUT2D eigenvalue weighted by atomic mass is 32.2. The summed E-state index contributed by atoms with van der Waals surface area (Å²) in [5.41, 5.74) is 1.57.